The number of aromatic nitrogens is 4. The van der Waals surface area contributed by atoms with Crippen LogP contribution in [-0.2, 0) is 4.74 Å². The number of nitrogens with one attached hydrogen (secondary N) is 2. The Bertz CT molecular complexity index is 1050. The third-order valence-corrected chi connectivity index (χ3v) is 3.65. The lowest BCUT2D eigenvalue weighted by Gasteiger charge is -1.98. The molecule has 0 atom stereocenters. The molecule has 114 valence electrons. The molecule has 0 amide bonds. The normalized spacial score (nSPS) is 11.2. The number of hydrogen-bond donors (Lipinski definition) is 2. The van der Waals surface area contributed by atoms with Gasteiger partial charge in [0.15, 0.2) is 5.82 Å². The fourth-order valence-electron chi connectivity index (χ4n) is 2.54. The molecular weight excluding hydrogens is 299 g/mol. The smallest absolute Gasteiger partial charge is 0.337 e. The van der Waals surface area contributed by atoms with Gasteiger partial charge in [-0.25, -0.2) is 14.2 Å². The SMILES string of the molecule is COC(=O)c1ccc2c(-c3nc4ccc(F)cc4[nH]3)n[nH]c2c1. The summed E-state index contributed by atoms with van der Waals surface area (Å²) in [6.07, 6.45) is 0. The minimum Gasteiger partial charge on any atom is -0.465 e. The molecule has 7 heteroatoms. The summed E-state index contributed by atoms with van der Waals surface area (Å²) in [6, 6.07) is 9.45. The maximum Gasteiger partial charge on any atom is 0.337 e. The first-order valence-electron chi connectivity index (χ1n) is 6.88. The highest BCUT2D eigenvalue weighted by molar-refractivity contribution is 5.98. The van der Waals surface area contributed by atoms with E-state index in [1.54, 1.807) is 24.3 Å². The number of esters is 1. The molecule has 4 aromatic rings. The van der Waals surface area contributed by atoms with Crippen LogP contribution in [0.4, 0.5) is 4.39 Å². The van der Waals surface area contributed by atoms with Gasteiger partial charge in [0.1, 0.15) is 11.5 Å². The van der Waals surface area contributed by atoms with Crippen LogP contribution in [0.3, 0.4) is 0 Å². The monoisotopic (exact) mass is 310 g/mol. The zero-order chi connectivity index (χ0) is 16.0. The maximum absolute atomic E-state index is 13.3. The summed E-state index contributed by atoms with van der Waals surface area (Å²) in [5, 5.41) is 7.92. The molecule has 0 unspecified atom stereocenters. The van der Waals surface area contributed by atoms with Gasteiger partial charge in [-0.1, -0.05) is 0 Å². The van der Waals surface area contributed by atoms with Gasteiger partial charge in [0.25, 0.3) is 0 Å². The fourth-order valence-corrected chi connectivity index (χ4v) is 2.54. The Morgan fingerprint density at radius 3 is 2.87 bits per heavy atom. The number of fused-ring (bicyclic) bond motifs is 2. The zero-order valence-corrected chi connectivity index (χ0v) is 12.1. The molecule has 0 fully saturated rings. The van der Waals surface area contributed by atoms with Gasteiger partial charge < -0.3 is 9.72 Å². The number of imidazole rings is 1. The van der Waals surface area contributed by atoms with Gasteiger partial charge in [-0.2, -0.15) is 5.10 Å². The molecule has 0 saturated heterocycles. The van der Waals surface area contributed by atoms with E-state index in [2.05, 4.69) is 20.2 Å². The summed E-state index contributed by atoms with van der Waals surface area (Å²) in [6.45, 7) is 0. The second-order valence-electron chi connectivity index (χ2n) is 5.07. The minimum atomic E-state index is -0.415. The molecule has 0 aliphatic heterocycles. The zero-order valence-electron chi connectivity index (χ0n) is 12.1. The predicted octanol–water partition coefficient (Wildman–Crippen LogP) is 3.03. The molecule has 2 aromatic heterocycles. The molecule has 23 heavy (non-hydrogen) atoms. The summed E-state index contributed by atoms with van der Waals surface area (Å²) < 4.78 is 18.0. The first-order valence-corrected chi connectivity index (χ1v) is 6.88. The Balaban J connectivity index is 1.85. The van der Waals surface area contributed by atoms with Crippen LogP contribution in [0.5, 0.6) is 0 Å². The van der Waals surface area contributed by atoms with Crippen molar-refractivity contribution >= 4 is 27.9 Å². The summed E-state index contributed by atoms with van der Waals surface area (Å²) >= 11 is 0. The van der Waals surface area contributed by atoms with Crippen molar-refractivity contribution in [3.8, 4) is 11.5 Å². The number of ether oxygens (including phenoxy) is 1. The van der Waals surface area contributed by atoms with E-state index in [0.717, 1.165) is 5.39 Å². The lowest BCUT2D eigenvalue weighted by atomic mass is 10.1. The van der Waals surface area contributed by atoms with Crippen LogP contribution in [0.25, 0.3) is 33.5 Å². The molecule has 2 heterocycles. The molecule has 0 aliphatic rings. The van der Waals surface area contributed by atoms with Crippen molar-refractivity contribution in [2.24, 2.45) is 0 Å². The van der Waals surface area contributed by atoms with Crippen molar-refractivity contribution in [1.29, 1.82) is 0 Å². The minimum absolute atomic E-state index is 0.331. The lowest BCUT2D eigenvalue weighted by Crippen LogP contribution is -2.00. The number of H-pyrrole nitrogens is 2. The van der Waals surface area contributed by atoms with Crippen molar-refractivity contribution in [2.45, 2.75) is 0 Å². The Hall–Kier alpha value is -3.22. The highest BCUT2D eigenvalue weighted by Gasteiger charge is 2.14. The first kappa shape index (κ1) is 13.4. The molecule has 0 saturated carbocycles. The molecule has 0 bridgehead atoms. The quantitative estimate of drug-likeness (QED) is 0.557. The van der Waals surface area contributed by atoms with Gasteiger partial charge >= 0.3 is 5.97 Å². The van der Waals surface area contributed by atoms with E-state index >= 15 is 0 Å². The van der Waals surface area contributed by atoms with Gasteiger partial charge in [-0.3, -0.25) is 5.10 Å². The van der Waals surface area contributed by atoms with Crippen molar-refractivity contribution < 1.29 is 13.9 Å². The molecule has 0 spiro atoms. The van der Waals surface area contributed by atoms with E-state index in [9.17, 15) is 9.18 Å². The van der Waals surface area contributed by atoms with E-state index in [1.807, 2.05) is 0 Å². The number of rotatable bonds is 2. The number of carbonyl (C=O) groups is 1. The van der Waals surface area contributed by atoms with E-state index in [-0.39, 0.29) is 5.82 Å². The second kappa shape index (κ2) is 4.91. The van der Waals surface area contributed by atoms with E-state index in [1.165, 1.54) is 19.2 Å². The van der Waals surface area contributed by atoms with Crippen LogP contribution >= 0.6 is 0 Å². The molecule has 6 nitrogen and oxygen atoms in total. The number of nitrogens with zero attached hydrogens (tertiary/aromatic N) is 2. The third-order valence-electron chi connectivity index (χ3n) is 3.65. The van der Waals surface area contributed by atoms with Crippen LogP contribution in [0.15, 0.2) is 36.4 Å². The van der Waals surface area contributed by atoms with Crippen molar-refractivity contribution in [1.82, 2.24) is 20.2 Å². The Morgan fingerprint density at radius 1 is 1.17 bits per heavy atom. The number of hydrogen-bond acceptors (Lipinski definition) is 4. The lowest BCUT2D eigenvalue weighted by molar-refractivity contribution is 0.0601. The molecule has 0 aliphatic carbocycles. The maximum atomic E-state index is 13.3. The van der Waals surface area contributed by atoms with Crippen LogP contribution in [0.1, 0.15) is 10.4 Å². The summed E-state index contributed by atoms with van der Waals surface area (Å²) in [7, 11) is 1.33. The van der Waals surface area contributed by atoms with E-state index in [0.29, 0.717) is 33.6 Å². The summed E-state index contributed by atoms with van der Waals surface area (Å²) in [4.78, 5) is 19.1. The Labute approximate surface area is 129 Å². The number of carbonyl (C=O) groups excluding carboxylic acids is 1. The van der Waals surface area contributed by atoms with Crippen LogP contribution in [0, 0.1) is 5.82 Å². The first-order chi connectivity index (χ1) is 11.2. The van der Waals surface area contributed by atoms with Crippen LogP contribution in [-0.4, -0.2) is 33.2 Å². The Kier molecular flexibility index (Phi) is 2.87. The number of benzene rings is 2. The molecule has 0 radical (unpaired) electrons. The highest BCUT2D eigenvalue weighted by atomic mass is 19.1. The van der Waals surface area contributed by atoms with Gasteiger partial charge in [0.2, 0.25) is 0 Å². The van der Waals surface area contributed by atoms with Gasteiger partial charge in [-0.05, 0) is 36.4 Å². The number of aromatic amines is 2. The average molecular weight is 310 g/mol. The predicted molar refractivity (Wildman–Crippen MR) is 82.5 cm³/mol. The van der Waals surface area contributed by atoms with Crippen molar-refractivity contribution in [3.05, 3.63) is 47.8 Å². The number of halogens is 1. The largest absolute Gasteiger partial charge is 0.465 e. The average Bonchev–Trinajstić information content (AvgIpc) is 3.16. The fraction of sp³-hybridized carbons (Fsp3) is 0.0625. The Morgan fingerprint density at radius 2 is 2.04 bits per heavy atom. The standard InChI is InChI=1S/C16H11FN4O2/c1-23-16(22)8-2-4-10-12(6-8)20-21-14(10)15-18-11-5-3-9(17)7-13(11)19-15/h2-7H,1H3,(H,18,19)(H,20,21). The molecular formula is C16H11FN4O2. The highest BCUT2D eigenvalue weighted by Crippen LogP contribution is 2.27. The van der Waals surface area contributed by atoms with Crippen molar-refractivity contribution in [3.63, 3.8) is 0 Å². The third kappa shape index (κ3) is 2.13. The topological polar surface area (TPSA) is 83.7 Å². The van der Waals surface area contributed by atoms with E-state index < -0.39 is 5.97 Å². The van der Waals surface area contributed by atoms with Crippen molar-refractivity contribution in [2.75, 3.05) is 7.11 Å². The molecule has 2 N–H and O–H groups in total. The van der Waals surface area contributed by atoms with E-state index in [4.69, 9.17) is 4.74 Å². The summed E-state index contributed by atoms with van der Waals surface area (Å²) in [5.74, 6) is -0.216. The van der Waals surface area contributed by atoms with Crippen LogP contribution < -0.4 is 0 Å². The molecule has 4 rings (SSSR count). The second-order valence-corrected chi connectivity index (χ2v) is 5.07. The summed E-state index contributed by atoms with van der Waals surface area (Å²) in [5.41, 5.74) is 2.98. The van der Waals surface area contributed by atoms with Gasteiger partial charge in [0, 0.05) is 5.39 Å². The number of methoxy groups -OCH3 is 1. The van der Waals surface area contributed by atoms with Gasteiger partial charge in [-0.15, -0.1) is 0 Å². The van der Waals surface area contributed by atoms with Gasteiger partial charge in [0.05, 0.1) is 29.2 Å². The molecule has 2 aromatic carbocycles. The van der Waals surface area contributed by atoms with Crippen LogP contribution in [0.2, 0.25) is 0 Å².